The molecule has 1 fully saturated rings. The monoisotopic (exact) mass is 372 g/mol. The van der Waals surface area contributed by atoms with Gasteiger partial charge in [0, 0.05) is 29.0 Å². The average molecular weight is 373 g/mol. The summed E-state index contributed by atoms with van der Waals surface area (Å²) in [5, 5.41) is 8.36. The van der Waals surface area contributed by atoms with Gasteiger partial charge in [0.25, 0.3) is 5.91 Å². The van der Waals surface area contributed by atoms with E-state index in [4.69, 9.17) is 23.2 Å². The molecule has 2 aromatic heterocycles. The van der Waals surface area contributed by atoms with E-state index in [1.807, 2.05) is 6.07 Å². The van der Waals surface area contributed by atoms with Crippen molar-refractivity contribution in [2.24, 2.45) is 0 Å². The number of carbonyl (C=O) groups is 1. The Kier molecular flexibility index (Phi) is 4.19. The standard InChI is InChI=1S/C18H14Cl2N4O/c19-12-3-4-16(15(20)9-12)24-17(11-1-2-11)14(10-22-24)18(25)23-13-5-7-21-8-6-13/h3-11H,1-2H2,(H,21,23,25). The van der Waals surface area contributed by atoms with E-state index >= 15 is 0 Å². The van der Waals surface area contributed by atoms with Gasteiger partial charge in [-0.05, 0) is 43.2 Å². The summed E-state index contributed by atoms with van der Waals surface area (Å²) in [6.45, 7) is 0. The fourth-order valence-electron chi connectivity index (χ4n) is 2.76. The van der Waals surface area contributed by atoms with Crippen molar-refractivity contribution in [3.63, 3.8) is 0 Å². The number of carbonyl (C=O) groups excluding carboxylic acids is 1. The SMILES string of the molecule is O=C(Nc1ccncc1)c1cnn(-c2ccc(Cl)cc2Cl)c1C1CC1. The van der Waals surface area contributed by atoms with Crippen LogP contribution in [0.1, 0.15) is 34.8 Å². The molecule has 0 spiro atoms. The van der Waals surface area contributed by atoms with Gasteiger partial charge in [0.15, 0.2) is 0 Å². The summed E-state index contributed by atoms with van der Waals surface area (Å²) in [6.07, 6.45) is 6.93. The molecule has 4 rings (SSSR count). The highest BCUT2D eigenvalue weighted by atomic mass is 35.5. The number of rotatable bonds is 4. The summed E-state index contributed by atoms with van der Waals surface area (Å²) < 4.78 is 1.75. The van der Waals surface area contributed by atoms with Crippen LogP contribution in [0.25, 0.3) is 5.69 Å². The summed E-state index contributed by atoms with van der Waals surface area (Å²) in [6, 6.07) is 8.74. The number of halogens is 2. The Labute approximate surface area is 154 Å². The highest BCUT2D eigenvalue weighted by Crippen LogP contribution is 2.43. The molecule has 0 atom stereocenters. The van der Waals surface area contributed by atoms with Crippen LogP contribution in [0.5, 0.6) is 0 Å². The van der Waals surface area contributed by atoms with Gasteiger partial charge < -0.3 is 5.32 Å². The Morgan fingerprint density at radius 3 is 2.60 bits per heavy atom. The summed E-state index contributed by atoms with van der Waals surface area (Å²) in [7, 11) is 0. The molecule has 1 N–H and O–H groups in total. The second kappa shape index (κ2) is 6.50. The lowest BCUT2D eigenvalue weighted by Crippen LogP contribution is -2.14. The molecule has 0 unspecified atom stereocenters. The van der Waals surface area contributed by atoms with E-state index in [1.165, 1.54) is 0 Å². The summed E-state index contributed by atoms with van der Waals surface area (Å²) >= 11 is 12.3. The second-order valence-electron chi connectivity index (χ2n) is 5.92. The first-order chi connectivity index (χ1) is 12.1. The van der Waals surface area contributed by atoms with E-state index in [9.17, 15) is 4.79 Å². The molecule has 1 amide bonds. The number of hydrogen-bond donors (Lipinski definition) is 1. The highest BCUT2D eigenvalue weighted by molar-refractivity contribution is 6.35. The number of nitrogens with one attached hydrogen (secondary N) is 1. The molecule has 1 aliphatic rings. The van der Waals surface area contributed by atoms with Gasteiger partial charge in [-0.2, -0.15) is 5.10 Å². The van der Waals surface area contributed by atoms with E-state index in [-0.39, 0.29) is 5.91 Å². The summed E-state index contributed by atoms with van der Waals surface area (Å²) in [5.41, 5.74) is 2.86. The maximum Gasteiger partial charge on any atom is 0.259 e. The Morgan fingerprint density at radius 1 is 1.16 bits per heavy atom. The van der Waals surface area contributed by atoms with Gasteiger partial charge in [-0.3, -0.25) is 9.78 Å². The van der Waals surface area contributed by atoms with Crippen molar-refractivity contribution in [3.05, 3.63) is 70.2 Å². The molecule has 0 saturated heterocycles. The van der Waals surface area contributed by atoms with Crippen molar-refractivity contribution >= 4 is 34.8 Å². The van der Waals surface area contributed by atoms with Crippen LogP contribution in [-0.2, 0) is 0 Å². The van der Waals surface area contributed by atoms with Crippen molar-refractivity contribution in [2.75, 3.05) is 5.32 Å². The maximum absolute atomic E-state index is 12.7. The molecule has 2 heterocycles. The number of aromatic nitrogens is 3. The van der Waals surface area contributed by atoms with Crippen molar-refractivity contribution in [1.82, 2.24) is 14.8 Å². The normalized spacial score (nSPS) is 13.7. The number of hydrogen-bond acceptors (Lipinski definition) is 3. The predicted octanol–water partition coefficient (Wildman–Crippen LogP) is 4.70. The van der Waals surface area contributed by atoms with Crippen LogP contribution in [0.3, 0.4) is 0 Å². The highest BCUT2D eigenvalue weighted by Gasteiger charge is 2.33. The van der Waals surface area contributed by atoms with Crippen LogP contribution < -0.4 is 5.32 Å². The first-order valence-electron chi connectivity index (χ1n) is 7.88. The molecule has 126 valence electrons. The summed E-state index contributed by atoms with van der Waals surface area (Å²) in [5.74, 6) is 0.122. The molecule has 7 heteroatoms. The Bertz CT molecular complexity index is 936. The molecule has 25 heavy (non-hydrogen) atoms. The van der Waals surface area contributed by atoms with Crippen LogP contribution in [0.15, 0.2) is 48.9 Å². The molecule has 1 saturated carbocycles. The lowest BCUT2D eigenvalue weighted by atomic mass is 10.1. The Hall–Kier alpha value is -2.37. The number of anilines is 1. The molecule has 1 aliphatic carbocycles. The van der Waals surface area contributed by atoms with Crippen LogP contribution in [0.4, 0.5) is 5.69 Å². The number of nitrogens with zero attached hydrogens (tertiary/aromatic N) is 3. The zero-order valence-electron chi connectivity index (χ0n) is 13.1. The Balaban J connectivity index is 1.72. The minimum Gasteiger partial charge on any atom is -0.322 e. The van der Waals surface area contributed by atoms with Crippen molar-refractivity contribution < 1.29 is 4.79 Å². The van der Waals surface area contributed by atoms with Crippen molar-refractivity contribution in [1.29, 1.82) is 0 Å². The molecule has 1 aromatic carbocycles. The van der Waals surface area contributed by atoms with Crippen LogP contribution in [0, 0.1) is 0 Å². The van der Waals surface area contributed by atoms with E-state index in [1.54, 1.807) is 47.5 Å². The van der Waals surface area contributed by atoms with E-state index in [0.717, 1.165) is 24.2 Å². The second-order valence-corrected chi connectivity index (χ2v) is 6.76. The van der Waals surface area contributed by atoms with Crippen LogP contribution in [0.2, 0.25) is 10.0 Å². The lowest BCUT2D eigenvalue weighted by Gasteiger charge is -2.11. The van der Waals surface area contributed by atoms with Crippen LogP contribution in [-0.4, -0.2) is 20.7 Å². The summed E-state index contributed by atoms with van der Waals surface area (Å²) in [4.78, 5) is 16.7. The fraction of sp³-hybridized carbons (Fsp3) is 0.167. The first-order valence-corrected chi connectivity index (χ1v) is 8.64. The topological polar surface area (TPSA) is 59.8 Å². The minimum absolute atomic E-state index is 0.190. The van der Waals surface area contributed by atoms with Crippen molar-refractivity contribution in [2.45, 2.75) is 18.8 Å². The lowest BCUT2D eigenvalue weighted by molar-refractivity contribution is 0.102. The van der Waals surface area contributed by atoms with E-state index < -0.39 is 0 Å². The molecule has 0 aliphatic heterocycles. The molecule has 0 bridgehead atoms. The van der Waals surface area contributed by atoms with E-state index in [2.05, 4.69) is 15.4 Å². The fourth-order valence-corrected chi connectivity index (χ4v) is 3.25. The number of benzene rings is 1. The van der Waals surface area contributed by atoms with Gasteiger partial charge in [0.1, 0.15) is 0 Å². The average Bonchev–Trinajstić information content (AvgIpc) is 3.34. The molecular formula is C18H14Cl2N4O. The smallest absolute Gasteiger partial charge is 0.259 e. The molecule has 5 nitrogen and oxygen atoms in total. The van der Waals surface area contributed by atoms with Gasteiger partial charge >= 0.3 is 0 Å². The van der Waals surface area contributed by atoms with Gasteiger partial charge in [-0.1, -0.05) is 23.2 Å². The zero-order valence-corrected chi connectivity index (χ0v) is 14.6. The van der Waals surface area contributed by atoms with Gasteiger partial charge in [-0.15, -0.1) is 0 Å². The number of amides is 1. The maximum atomic E-state index is 12.7. The quantitative estimate of drug-likeness (QED) is 0.721. The predicted molar refractivity (Wildman–Crippen MR) is 97.7 cm³/mol. The Morgan fingerprint density at radius 2 is 1.92 bits per heavy atom. The third-order valence-corrected chi connectivity index (χ3v) is 4.63. The number of pyridine rings is 1. The third-order valence-electron chi connectivity index (χ3n) is 4.09. The molecule has 0 radical (unpaired) electrons. The molecular weight excluding hydrogens is 359 g/mol. The van der Waals surface area contributed by atoms with Gasteiger partial charge in [0.05, 0.1) is 28.2 Å². The molecule has 3 aromatic rings. The third kappa shape index (κ3) is 3.25. The van der Waals surface area contributed by atoms with Crippen molar-refractivity contribution in [3.8, 4) is 5.69 Å². The largest absolute Gasteiger partial charge is 0.322 e. The zero-order chi connectivity index (χ0) is 17.4. The van der Waals surface area contributed by atoms with E-state index in [0.29, 0.717) is 27.2 Å². The first kappa shape index (κ1) is 16.1. The van der Waals surface area contributed by atoms with Gasteiger partial charge in [-0.25, -0.2) is 4.68 Å². The van der Waals surface area contributed by atoms with Gasteiger partial charge in [0.2, 0.25) is 0 Å². The van der Waals surface area contributed by atoms with Crippen LogP contribution >= 0.6 is 23.2 Å². The minimum atomic E-state index is -0.190.